The number of hydrogen-bond acceptors (Lipinski definition) is 4. The first kappa shape index (κ1) is 11.7. The summed E-state index contributed by atoms with van der Waals surface area (Å²) in [6.45, 7) is 0. The number of anilines is 2. The molecule has 0 radical (unpaired) electrons. The zero-order valence-corrected chi connectivity index (χ0v) is 10.8. The third-order valence-corrected chi connectivity index (χ3v) is 3.50. The number of rotatable bonds is 2. The Morgan fingerprint density at radius 3 is 3.00 bits per heavy atom. The lowest BCUT2D eigenvalue weighted by atomic mass is 10.1. The topological polar surface area (TPSA) is 52.8 Å². The van der Waals surface area contributed by atoms with Crippen LogP contribution >= 0.6 is 0 Å². The molecule has 0 N–H and O–H groups in total. The van der Waals surface area contributed by atoms with Crippen molar-refractivity contribution in [3.8, 4) is 6.07 Å². The van der Waals surface area contributed by atoms with Gasteiger partial charge in [0.25, 0.3) is 0 Å². The maximum atomic E-state index is 9.31. The van der Waals surface area contributed by atoms with Crippen LogP contribution in [0.3, 0.4) is 0 Å². The molecule has 2 heterocycles. The van der Waals surface area contributed by atoms with Gasteiger partial charge in [-0.1, -0.05) is 0 Å². The molecule has 0 bridgehead atoms. The van der Waals surface area contributed by atoms with Gasteiger partial charge >= 0.3 is 0 Å². The fourth-order valence-corrected chi connectivity index (χ4v) is 2.47. The number of aromatic nitrogens is 2. The van der Waals surface area contributed by atoms with Crippen LogP contribution in [-0.2, 0) is 12.8 Å². The van der Waals surface area contributed by atoms with E-state index in [0.29, 0.717) is 5.56 Å². The molecule has 0 aliphatic heterocycles. The van der Waals surface area contributed by atoms with Gasteiger partial charge < -0.3 is 4.90 Å². The molecular weight excluding hydrogens is 236 g/mol. The van der Waals surface area contributed by atoms with Crippen molar-refractivity contribution < 1.29 is 0 Å². The SMILES string of the molecule is CN(c1cccnc1)c1nc2c(cc1C#N)CCC2. The third-order valence-electron chi connectivity index (χ3n) is 3.50. The van der Waals surface area contributed by atoms with Crippen LogP contribution in [0.1, 0.15) is 23.2 Å². The van der Waals surface area contributed by atoms with Crippen LogP contribution < -0.4 is 4.90 Å². The van der Waals surface area contributed by atoms with Crippen LogP contribution in [-0.4, -0.2) is 17.0 Å². The highest BCUT2D eigenvalue weighted by atomic mass is 15.2. The molecule has 19 heavy (non-hydrogen) atoms. The Morgan fingerprint density at radius 1 is 1.37 bits per heavy atom. The quantitative estimate of drug-likeness (QED) is 0.822. The van der Waals surface area contributed by atoms with E-state index in [9.17, 15) is 5.26 Å². The van der Waals surface area contributed by atoms with E-state index in [4.69, 9.17) is 0 Å². The van der Waals surface area contributed by atoms with E-state index in [0.717, 1.165) is 36.5 Å². The third kappa shape index (κ3) is 2.04. The van der Waals surface area contributed by atoms with E-state index in [-0.39, 0.29) is 0 Å². The van der Waals surface area contributed by atoms with Crippen LogP contribution in [0.5, 0.6) is 0 Å². The minimum atomic E-state index is 0.631. The molecule has 0 unspecified atom stereocenters. The van der Waals surface area contributed by atoms with E-state index in [1.54, 1.807) is 12.4 Å². The summed E-state index contributed by atoms with van der Waals surface area (Å²) in [5, 5.41) is 9.31. The molecule has 2 aromatic heterocycles. The van der Waals surface area contributed by atoms with Crippen LogP contribution in [0.25, 0.3) is 0 Å². The molecule has 0 atom stereocenters. The average Bonchev–Trinajstić information content (AvgIpc) is 2.93. The van der Waals surface area contributed by atoms with Crippen molar-refractivity contribution in [2.75, 3.05) is 11.9 Å². The van der Waals surface area contributed by atoms with Gasteiger partial charge in [-0.3, -0.25) is 4.98 Å². The van der Waals surface area contributed by atoms with Crippen molar-refractivity contribution in [3.63, 3.8) is 0 Å². The van der Waals surface area contributed by atoms with Gasteiger partial charge in [0.2, 0.25) is 0 Å². The molecule has 0 saturated heterocycles. The fourth-order valence-electron chi connectivity index (χ4n) is 2.47. The second-order valence-electron chi connectivity index (χ2n) is 4.70. The van der Waals surface area contributed by atoms with Gasteiger partial charge in [-0.2, -0.15) is 5.26 Å². The normalized spacial score (nSPS) is 12.8. The summed E-state index contributed by atoms with van der Waals surface area (Å²) < 4.78 is 0. The van der Waals surface area contributed by atoms with Crippen molar-refractivity contribution in [1.82, 2.24) is 9.97 Å². The monoisotopic (exact) mass is 250 g/mol. The van der Waals surface area contributed by atoms with Crippen molar-refractivity contribution >= 4 is 11.5 Å². The Labute approximate surface area is 112 Å². The molecule has 1 aliphatic rings. The molecule has 0 spiro atoms. The zero-order valence-electron chi connectivity index (χ0n) is 10.8. The summed E-state index contributed by atoms with van der Waals surface area (Å²) >= 11 is 0. The average molecular weight is 250 g/mol. The predicted molar refractivity (Wildman–Crippen MR) is 73.3 cm³/mol. The summed E-state index contributed by atoms with van der Waals surface area (Å²) in [4.78, 5) is 10.7. The first-order valence-electron chi connectivity index (χ1n) is 6.36. The Morgan fingerprint density at radius 2 is 2.26 bits per heavy atom. The Balaban J connectivity index is 2.08. The summed E-state index contributed by atoms with van der Waals surface area (Å²) in [5.41, 5.74) is 3.92. The molecule has 4 heteroatoms. The van der Waals surface area contributed by atoms with Gasteiger partial charge in [-0.25, -0.2) is 4.98 Å². The lowest BCUT2D eigenvalue weighted by Gasteiger charge is -2.20. The smallest absolute Gasteiger partial charge is 0.151 e. The zero-order chi connectivity index (χ0) is 13.2. The minimum absolute atomic E-state index is 0.631. The Bertz CT molecular complexity index is 643. The van der Waals surface area contributed by atoms with E-state index < -0.39 is 0 Å². The molecule has 1 aliphatic carbocycles. The first-order chi connectivity index (χ1) is 9.29. The molecule has 0 saturated carbocycles. The number of nitrogens with zero attached hydrogens (tertiary/aromatic N) is 4. The lowest BCUT2D eigenvalue weighted by molar-refractivity contribution is 0.898. The summed E-state index contributed by atoms with van der Waals surface area (Å²) in [6.07, 6.45) is 6.69. The number of nitriles is 1. The number of fused-ring (bicyclic) bond motifs is 1. The second kappa shape index (κ2) is 4.69. The van der Waals surface area contributed by atoms with Gasteiger partial charge in [0.1, 0.15) is 6.07 Å². The molecular formula is C15H14N4. The summed E-state index contributed by atoms with van der Waals surface area (Å²) in [7, 11) is 1.92. The standard InChI is InChI=1S/C15H14N4/c1-19(13-5-3-7-17-10-13)15-12(9-16)8-11-4-2-6-14(11)18-15/h3,5,7-8,10H,2,4,6H2,1H3. The van der Waals surface area contributed by atoms with Crippen LogP contribution in [0.4, 0.5) is 11.5 Å². The molecule has 4 nitrogen and oxygen atoms in total. The van der Waals surface area contributed by atoms with Crippen molar-refractivity contribution in [2.24, 2.45) is 0 Å². The Kier molecular flexibility index (Phi) is 2.88. The van der Waals surface area contributed by atoms with Crippen molar-refractivity contribution in [1.29, 1.82) is 5.26 Å². The first-order valence-corrected chi connectivity index (χ1v) is 6.36. The highest BCUT2D eigenvalue weighted by molar-refractivity contribution is 5.65. The van der Waals surface area contributed by atoms with E-state index in [2.05, 4.69) is 16.0 Å². The lowest BCUT2D eigenvalue weighted by Crippen LogP contribution is -2.14. The fraction of sp³-hybridized carbons (Fsp3) is 0.267. The van der Waals surface area contributed by atoms with Crippen LogP contribution in [0, 0.1) is 11.3 Å². The van der Waals surface area contributed by atoms with Gasteiger partial charge in [0, 0.05) is 18.9 Å². The highest BCUT2D eigenvalue weighted by Crippen LogP contribution is 2.29. The van der Waals surface area contributed by atoms with Gasteiger partial charge in [-0.15, -0.1) is 0 Å². The molecule has 94 valence electrons. The summed E-state index contributed by atoms with van der Waals surface area (Å²) in [5.74, 6) is 0.719. The summed E-state index contributed by atoms with van der Waals surface area (Å²) in [6, 6.07) is 8.08. The maximum absolute atomic E-state index is 9.31. The molecule has 3 rings (SSSR count). The number of hydrogen-bond donors (Lipinski definition) is 0. The van der Waals surface area contributed by atoms with E-state index in [1.807, 2.05) is 30.1 Å². The second-order valence-corrected chi connectivity index (χ2v) is 4.70. The maximum Gasteiger partial charge on any atom is 0.151 e. The predicted octanol–water partition coefficient (Wildman–Crippen LogP) is 2.60. The van der Waals surface area contributed by atoms with E-state index >= 15 is 0 Å². The van der Waals surface area contributed by atoms with Gasteiger partial charge in [0.05, 0.1) is 17.4 Å². The van der Waals surface area contributed by atoms with Crippen LogP contribution in [0.2, 0.25) is 0 Å². The molecule has 0 amide bonds. The molecule has 0 aromatic carbocycles. The Hall–Kier alpha value is -2.41. The minimum Gasteiger partial charge on any atom is -0.327 e. The van der Waals surface area contributed by atoms with E-state index in [1.165, 1.54) is 5.56 Å². The van der Waals surface area contributed by atoms with Crippen molar-refractivity contribution in [3.05, 3.63) is 47.4 Å². The largest absolute Gasteiger partial charge is 0.327 e. The molecule has 2 aromatic rings. The van der Waals surface area contributed by atoms with Crippen LogP contribution in [0.15, 0.2) is 30.6 Å². The van der Waals surface area contributed by atoms with Gasteiger partial charge in [0.15, 0.2) is 5.82 Å². The van der Waals surface area contributed by atoms with Gasteiger partial charge in [-0.05, 0) is 43.0 Å². The number of pyridine rings is 2. The highest BCUT2D eigenvalue weighted by Gasteiger charge is 2.19. The number of aryl methyl sites for hydroxylation is 2. The molecule has 0 fully saturated rings. The van der Waals surface area contributed by atoms with Crippen molar-refractivity contribution in [2.45, 2.75) is 19.3 Å².